The monoisotopic (exact) mass is 562 g/mol. The van der Waals surface area contributed by atoms with E-state index in [0.717, 1.165) is 68.0 Å². The van der Waals surface area contributed by atoms with Crippen molar-refractivity contribution in [3.8, 4) is 5.88 Å². The van der Waals surface area contributed by atoms with E-state index >= 15 is 0 Å². The highest BCUT2D eigenvalue weighted by atomic mass is 16.5. The Hall–Kier alpha value is -3.92. The number of hydrogen-bond acceptors (Lipinski definition) is 7. The Morgan fingerprint density at radius 3 is 2.73 bits per heavy atom. The Balaban J connectivity index is 1.29. The summed E-state index contributed by atoms with van der Waals surface area (Å²) in [6.07, 6.45) is 5.48. The fourth-order valence-electron chi connectivity index (χ4n) is 5.08. The standard InChI is InChI=1S/C31H42N6O4/c1-23-21-29(36(2)35-23)41-20-19-37(17-7-6-12-26-14-13-25-11-8-16-32-30(25)33-26)18-15-27(31(39)40)34-28(38)22-24-9-4-3-5-10-24/h3-5,9-10,13-14,21,27H,6-8,11-12,15-20,22H2,1-2H3,(H,32,33)(H,34,38)(H,39,40). The Morgan fingerprint density at radius 2 is 1.98 bits per heavy atom. The number of aliphatic carboxylic acids is 1. The molecular formula is C31H42N6O4. The van der Waals surface area contributed by atoms with Crippen molar-refractivity contribution >= 4 is 17.7 Å². The molecule has 0 saturated carbocycles. The molecule has 2 aromatic heterocycles. The van der Waals surface area contributed by atoms with Crippen LogP contribution in [0.25, 0.3) is 0 Å². The van der Waals surface area contributed by atoms with Gasteiger partial charge in [-0.3, -0.25) is 9.69 Å². The maximum absolute atomic E-state index is 12.5. The van der Waals surface area contributed by atoms with E-state index in [1.54, 1.807) is 4.68 Å². The number of amides is 1. The van der Waals surface area contributed by atoms with Crippen molar-refractivity contribution in [2.45, 2.75) is 57.9 Å². The van der Waals surface area contributed by atoms with E-state index in [4.69, 9.17) is 9.72 Å². The molecule has 0 aliphatic carbocycles. The van der Waals surface area contributed by atoms with Crippen LogP contribution < -0.4 is 15.4 Å². The van der Waals surface area contributed by atoms with E-state index in [1.807, 2.05) is 50.4 Å². The Bertz CT molecular complexity index is 1280. The summed E-state index contributed by atoms with van der Waals surface area (Å²) in [4.78, 5) is 31.5. The quantitative estimate of drug-likeness (QED) is 0.227. The van der Waals surface area contributed by atoms with Crippen molar-refractivity contribution in [1.29, 1.82) is 0 Å². The number of rotatable bonds is 16. The summed E-state index contributed by atoms with van der Waals surface area (Å²) in [5.41, 5.74) is 4.12. The van der Waals surface area contributed by atoms with E-state index in [-0.39, 0.29) is 12.3 Å². The topological polar surface area (TPSA) is 122 Å². The van der Waals surface area contributed by atoms with E-state index < -0.39 is 12.0 Å². The Labute approximate surface area is 242 Å². The van der Waals surface area contributed by atoms with Gasteiger partial charge in [0.2, 0.25) is 11.8 Å². The van der Waals surface area contributed by atoms with Gasteiger partial charge in [0.25, 0.3) is 0 Å². The average Bonchev–Trinajstić information content (AvgIpc) is 3.29. The minimum absolute atomic E-state index is 0.151. The van der Waals surface area contributed by atoms with Gasteiger partial charge in [0.05, 0.1) is 12.1 Å². The smallest absolute Gasteiger partial charge is 0.326 e. The molecule has 1 aliphatic rings. The van der Waals surface area contributed by atoms with Crippen LogP contribution in [-0.2, 0) is 35.9 Å². The Morgan fingerprint density at radius 1 is 1.15 bits per heavy atom. The lowest BCUT2D eigenvalue weighted by molar-refractivity contribution is -0.142. The molecule has 0 radical (unpaired) electrons. The summed E-state index contributed by atoms with van der Waals surface area (Å²) in [5.74, 6) is 0.398. The second kappa shape index (κ2) is 15.2. The predicted octanol–water partition coefficient (Wildman–Crippen LogP) is 3.39. The fourth-order valence-corrected chi connectivity index (χ4v) is 5.08. The third-order valence-corrected chi connectivity index (χ3v) is 7.30. The molecule has 3 N–H and O–H groups in total. The second-order valence-corrected chi connectivity index (χ2v) is 10.6. The fraction of sp³-hybridized carbons (Fsp3) is 0.484. The number of unbranched alkanes of at least 4 members (excludes halogenated alkanes) is 1. The first-order valence-electron chi connectivity index (χ1n) is 14.5. The lowest BCUT2D eigenvalue weighted by Crippen LogP contribution is -2.44. The first-order chi connectivity index (χ1) is 19.9. The maximum Gasteiger partial charge on any atom is 0.326 e. The number of pyridine rings is 1. The summed E-state index contributed by atoms with van der Waals surface area (Å²) < 4.78 is 7.67. The molecule has 3 aromatic rings. The van der Waals surface area contributed by atoms with Crippen LogP contribution in [0.15, 0.2) is 48.5 Å². The lowest BCUT2D eigenvalue weighted by atomic mass is 10.1. The predicted molar refractivity (Wildman–Crippen MR) is 158 cm³/mol. The zero-order valence-corrected chi connectivity index (χ0v) is 24.1. The lowest BCUT2D eigenvalue weighted by Gasteiger charge is -2.24. The normalized spacial score (nSPS) is 13.3. The van der Waals surface area contributed by atoms with Crippen LogP contribution in [0.2, 0.25) is 0 Å². The molecule has 3 heterocycles. The number of carboxylic acid groups (broad SMARTS) is 1. The number of carbonyl (C=O) groups excluding carboxylic acids is 1. The third kappa shape index (κ3) is 9.60. The third-order valence-electron chi connectivity index (χ3n) is 7.30. The van der Waals surface area contributed by atoms with Crippen molar-refractivity contribution in [2.75, 3.05) is 38.1 Å². The van der Waals surface area contributed by atoms with Crippen molar-refractivity contribution in [1.82, 2.24) is 25.0 Å². The molecule has 0 saturated heterocycles. The van der Waals surface area contributed by atoms with Crippen molar-refractivity contribution < 1.29 is 19.4 Å². The average molecular weight is 563 g/mol. The molecule has 1 unspecified atom stereocenters. The highest BCUT2D eigenvalue weighted by Crippen LogP contribution is 2.20. The largest absolute Gasteiger partial charge is 0.480 e. The summed E-state index contributed by atoms with van der Waals surface area (Å²) >= 11 is 0. The number of aryl methyl sites for hydroxylation is 4. The molecule has 10 heteroatoms. The minimum atomic E-state index is -1.03. The van der Waals surface area contributed by atoms with Gasteiger partial charge in [-0.1, -0.05) is 36.4 Å². The number of carbonyl (C=O) groups is 2. The SMILES string of the molecule is Cc1cc(OCCN(CCCCc2ccc3c(n2)NCCC3)CCC(NC(=O)Cc2ccccc2)C(=O)O)n(C)n1. The van der Waals surface area contributed by atoms with Crippen LogP contribution >= 0.6 is 0 Å². The van der Waals surface area contributed by atoms with Crippen LogP contribution in [-0.4, -0.2) is 75.5 Å². The van der Waals surface area contributed by atoms with Gasteiger partial charge >= 0.3 is 5.97 Å². The molecule has 1 aromatic carbocycles. The summed E-state index contributed by atoms with van der Waals surface area (Å²) in [6.45, 7) is 5.30. The number of anilines is 1. The number of benzene rings is 1. The molecule has 10 nitrogen and oxygen atoms in total. The Kier molecular flexibility index (Phi) is 11.1. The molecule has 41 heavy (non-hydrogen) atoms. The first-order valence-corrected chi connectivity index (χ1v) is 14.5. The molecule has 1 aliphatic heterocycles. The maximum atomic E-state index is 12.5. The molecular weight excluding hydrogens is 520 g/mol. The van der Waals surface area contributed by atoms with Crippen LogP contribution in [0.1, 0.15) is 48.2 Å². The van der Waals surface area contributed by atoms with Crippen molar-refractivity contribution in [3.05, 3.63) is 71.0 Å². The summed E-state index contributed by atoms with van der Waals surface area (Å²) in [7, 11) is 1.85. The van der Waals surface area contributed by atoms with Gasteiger partial charge < -0.3 is 20.5 Å². The van der Waals surface area contributed by atoms with Crippen LogP contribution in [0.3, 0.4) is 0 Å². The van der Waals surface area contributed by atoms with E-state index in [9.17, 15) is 14.7 Å². The van der Waals surface area contributed by atoms with Crippen LogP contribution in [0.4, 0.5) is 5.82 Å². The molecule has 220 valence electrons. The molecule has 0 bridgehead atoms. The molecule has 0 fully saturated rings. The summed E-state index contributed by atoms with van der Waals surface area (Å²) in [6, 6.07) is 14.6. The van der Waals surface area contributed by atoms with Crippen LogP contribution in [0, 0.1) is 6.92 Å². The number of nitrogens with one attached hydrogen (secondary N) is 2. The van der Waals surface area contributed by atoms with Gasteiger partial charge in [-0.25, -0.2) is 14.5 Å². The van der Waals surface area contributed by atoms with Gasteiger partial charge in [-0.2, -0.15) is 5.10 Å². The van der Waals surface area contributed by atoms with Gasteiger partial charge in [-0.05, 0) is 69.2 Å². The number of aromatic nitrogens is 3. The van der Waals surface area contributed by atoms with E-state index in [0.29, 0.717) is 32.0 Å². The number of ether oxygens (including phenoxy) is 1. The molecule has 4 rings (SSSR count). The molecule has 1 atom stereocenters. The van der Waals surface area contributed by atoms with Gasteiger partial charge in [0, 0.05) is 38.4 Å². The highest BCUT2D eigenvalue weighted by Gasteiger charge is 2.21. The number of carboxylic acids is 1. The highest BCUT2D eigenvalue weighted by molar-refractivity contribution is 5.84. The number of fused-ring (bicyclic) bond motifs is 1. The molecule has 0 spiro atoms. The number of nitrogens with zero attached hydrogens (tertiary/aromatic N) is 4. The van der Waals surface area contributed by atoms with Gasteiger partial charge in [0.15, 0.2) is 0 Å². The zero-order chi connectivity index (χ0) is 29.0. The minimum Gasteiger partial charge on any atom is -0.480 e. The first kappa shape index (κ1) is 30.0. The van der Waals surface area contributed by atoms with Crippen molar-refractivity contribution in [2.24, 2.45) is 7.05 Å². The van der Waals surface area contributed by atoms with Gasteiger partial charge in [-0.15, -0.1) is 0 Å². The second-order valence-electron chi connectivity index (χ2n) is 10.6. The van der Waals surface area contributed by atoms with E-state index in [1.165, 1.54) is 5.56 Å². The van der Waals surface area contributed by atoms with E-state index in [2.05, 4.69) is 32.8 Å². The number of hydrogen-bond donors (Lipinski definition) is 3. The summed E-state index contributed by atoms with van der Waals surface area (Å²) in [5, 5.41) is 20.2. The van der Waals surface area contributed by atoms with Gasteiger partial charge in [0.1, 0.15) is 18.5 Å². The molecule has 1 amide bonds. The van der Waals surface area contributed by atoms with Crippen molar-refractivity contribution in [3.63, 3.8) is 0 Å². The zero-order valence-electron chi connectivity index (χ0n) is 24.1. The van der Waals surface area contributed by atoms with Crippen LogP contribution in [0.5, 0.6) is 5.88 Å².